The fourth-order valence-corrected chi connectivity index (χ4v) is 3.67. The van der Waals surface area contributed by atoms with Gasteiger partial charge in [-0.3, -0.25) is 4.79 Å². The molecule has 1 aliphatic carbocycles. The Morgan fingerprint density at radius 3 is 2.73 bits per heavy atom. The summed E-state index contributed by atoms with van der Waals surface area (Å²) in [7, 11) is 0. The summed E-state index contributed by atoms with van der Waals surface area (Å²) >= 11 is 6.09. The topological polar surface area (TPSA) is 53.6 Å². The van der Waals surface area contributed by atoms with Crippen LogP contribution in [0, 0.1) is 0 Å². The lowest BCUT2D eigenvalue weighted by molar-refractivity contribution is 0.0944. The molecule has 0 radical (unpaired) electrons. The number of hydrogen-bond acceptors (Lipinski definition) is 4. The lowest BCUT2D eigenvalue weighted by Crippen LogP contribution is -2.44. The standard InChI is InChI=1S/C19H28ClN3O2.ClH/c20-15-6-7-18(25-16-4-1-2-5-16)17(14-15)19(24)22-8-3-11-23-12-9-21-10-13-23;/h6-7,14,16,21H,1-5,8-13H2,(H,22,24);1H. The fraction of sp³-hybridized carbons (Fsp3) is 0.632. The highest BCUT2D eigenvalue weighted by Crippen LogP contribution is 2.28. The predicted octanol–water partition coefficient (Wildman–Crippen LogP) is 3.11. The molecule has 0 aromatic heterocycles. The molecule has 2 aliphatic rings. The van der Waals surface area contributed by atoms with E-state index in [2.05, 4.69) is 15.5 Å². The molecule has 0 spiro atoms. The van der Waals surface area contributed by atoms with Gasteiger partial charge in [0.25, 0.3) is 5.91 Å². The highest BCUT2D eigenvalue weighted by Gasteiger charge is 2.20. The van der Waals surface area contributed by atoms with E-state index in [4.69, 9.17) is 16.3 Å². The molecule has 1 aromatic rings. The Hall–Kier alpha value is -1.01. The Balaban J connectivity index is 0.00000243. The van der Waals surface area contributed by atoms with Crippen molar-refractivity contribution in [1.82, 2.24) is 15.5 Å². The van der Waals surface area contributed by atoms with Crippen LogP contribution >= 0.6 is 24.0 Å². The first-order valence-corrected chi connectivity index (χ1v) is 9.77. The average Bonchev–Trinajstić information content (AvgIpc) is 3.14. The maximum Gasteiger partial charge on any atom is 0.255 e. The van der Waals surface area contributed by atoms with Gasteiger partial charge in [0, 0.05) is 37.7 Å². The molecule has 7 heteroatoms. The van der Waals surface area contributed by atoms with Crippen LogP contribution in [0.25, 0.3) is 0 Å². The smallest absolute Gasteiger partial charge is 0.255 e. The highest BCUT2D eigenvalue weighted by atomic mass is 35.5. The molecule has 5 nitrogen and oxygen atoms in total. The van der Waals surface area contributed by atoms with Crippen LogP contribution in [0.5, 0.6) is 5.75 Å². The van der Waals surface area contributed by atoms with Crippen LogP contribution in [0.2, 0.25) is 5.02 Å². The van der Waals surface area contributed by atoms with Crippen molar-refractivity contribution in [1.29, 1.82) is 0 Å². The molecule has 0 unspecified atom stereocenters. The maximum atomic E-state index is 12.6. The number of piperazine rings is 1. The van der Waals surface area contributed by atoms with Crippen LogP contribution in [0.1, 0.15) is 42.5 Å². The van der Waals surface area contributed by atoms with Gasteiger partial charge in [-0.05, 0) is 56.8 Å². The third-order valence-electron chi connectivity index (χ3n) is 4.93. The molecule has 26 heavy (non-hydrogen) atoms. The first-order valence-electron chi connectivity index (χ1n) is 9.40. The first kappa shape index (κ1) is 21.3. The van der Waals surface area contributed by atoms with Gasteiger partial charge in [0.1, 0.15) is 5.75 Å². The van der Waals surface area contributed by atoms with Gasteiger partial charge in [0.2, 0.25) is 0 Å². The number of halogens is 2. The van der Waals surface area contributed by atoms with Gasteiger partial charge in [0.05, 0.1) is 11.7 Å². The van der Waals surface area contributed by atoms with E-state index in [-0.39, 0.29) is 24.4 Å². The number of benzene rings is 1. The zero-order valence-corrected chi connectivity index (χ0v) is 16.7. The molecule has 2 N–H and O–H groups in total. The van der Waals surface area contributed by atoms with Crippen molar-refractivity contribution < 1.29 is 9.53 Å². The Kier molecular flexibility index (Phi) is 8.99. The van der Waals surface area contributed by atoms with E-state index in [0.29, 0.717) is 22.9 Å². The average molecular weight is 402 g/mol. The number of hydrogen-bond donors (Lipinski definition) is 2. The summed E-state index contributed by atoms with van der Waals surface area (Å²) in [6.45, 7) is 5.96. The van der Waals surface area contributed by atoms with Crippen molar-refractivity contribution in [3.63, 3.8) is 0 Å². The normalized spacial score (nSPS) is 18.3. The molecular formula is C19H29Cl2N3O2. The third-order valence-corrected chi connectivity index (χ3v) is 5.16. The number of nitrogens with one attached hydrogen (secondary N) is 2. The summed E-state index contributed by atoms with van der Waals surface area (Å²) in [6, 6.07) is 5.31. The van der Waals surface area contributed by atoms with Gasteiger partial charge in [-0.1, -0.05) is 11.6 Å². The Bertz CT molecular complexity index is 574. The summed E-state index contributed by atoms with van der Waals surface area (Å²) in [5.41, 5.74) is 0.543. The fourth-order valence-electron chi connectivity index (χ4n) is 3.50. The van der Waals surface area contributed by atoms with Crippen LogP contribution in [0.4, 0.5) is 0 Å². The van der Waals surface area contributed by atoms with Crippen LogP contribution in [0.15, 0.2) is 18.2 Å². The Labute approximate surface area is 167 Å². The molecular weight excluding hydrogens is 373 g/mol. The number of amides is 1. The van der Waals surface area contributed by atoms with E-state index in [1.165, 1.54) is 12.8 Å². The minimum atomic E-state index is -0.101. The van der Waals surface area contributed by atoms with Gasteiger partial charge >= 0.3 is 0 Å². The van der Waals surface area contributed by atoms with E-state index in [1.807, 2.05) is 6.07 Å². The second kappa shape index (κ2) is 11.0. The zero-order valence-electron chi connectivity index (χ0n) is 15.1. The lowest BCUT2D eigenvalue weighted by Gasteiger charge is -2.27. The number of carbonyl (C=O) groups excluding carboxylic acids is 1. The molecule has 3 rings (SSSR count). The predicted molar refractivity (Wildman–Crippen MR) is 108 cm³/mol. The van der Waals surface area contributed by atoms with Crippen LogP contribution in [0.3, 0.4) is 0 Å². The lowest BCUT2D eigenvalue weighted by atomic mass is 10.1. The highest BCUT2D eigenvalue weighted by molar-refractivity contribution is 6.31. The first-order chi connectivity index (χ1) is 12.2. The molecule has 1 amide bonds. The van der Waals surface area contributed by atoms with Gasteiger partial charge in [-0.25, -0.2) is 0 Å². The second-order valence-corrected chi connectivity index (χ2v) is 7.30. The van der Waals surface area contributed by atoms with E-state index < -0.39 is 0 Å². The summed E-state index contributed by atoms with van der Waals surface area (Å²) in [5, 5.41) is 6.92. The molecule has 1 saturated heterocycles. The summed E-state index contributed by atoms with van der Waals surface area (Å²) in [6.07, 6.45) is 5.70. The number of nitrogens with zero attached hydrogens (tertiary/aromatic N) is 1. The van der Waals surface area contributed by atoms with Gasteiger partial charge in [-0.15, -0.1) is 12.4 Å². The van der Waals surface area contributed by atoms with Crippen molar-refractivity contribution in [2.75, 3.05) is 39.3 Å². The van der Waals surface area contributed by atoms with Crippen molar-refractivity contribution in [3.05, 3.63) is 28.8 Å². The second-order valence-electron chi connectivity index (χ2n) is 6.87. The largest absolute Gasteiger partial charge is 0.490 e. The Morgan fingerprint density at radius 1 is 1.27 bits per heavy atom. The van der Waals surface area contributed by atoms with Crippen molar-refractivity contribution in [2.45, 2.75) is 38.2 Å². The minimum absolute atomic E-state index is 0. The van der Waals surface area contributed by atoms with Gasteiger partial charge in [-0.2, -0.15) is 0 Å². The van der Waals surface area contributed by atoms with E-state index in [1.54, 1.807) is 12.1 Å². The minimum Gasteiger partial charge on any atom is -0.490 e. The van der Waals surface area contributed by atoms with Gasteiger partial charge < -0.3 is 20.3 Å². The van der Waals surface area contributed by atoms with E-state index >= 15 is 0 Å². The molecule has 2 fully saturated rings. The molecule has 1 saturated carbocycles. The quantitative estimate of drug-likeness (QED) is 0.689. The molecule has 146 valence electrons. The zero-order chi connectivity index (χ0) is 17.5. The third kappa shape index (κ3) is 6.31. The molecule has 1 aromatic carbocycles. The number of rotatable bonds is 7. The van der Waals surface area contributed by atoms with Crippen LogP contribution < -0.4 is 15.4 Å². The van der Waals surface area contributed by atoms with Crippen molar-refractivity contribution in [2.24, 2.45) is 0 Å². The summed E-state index contributed by atoms with van der Waals surface area (Å²) in [4.78, 5) is 15.0. The summed E-state index contributed by atoms with van der Waals surface area (Å²) < 4.78 is 6.05. The van der Waals surface area contributed by atoms with E-state index in [0.717, 1.165) is 52.0 Å². The molecule has 0 atom stereocenters. The maximum absolute atomic E-state index is 12.6. The molecule has 1 aliphatic heterocycles. The van der Waals surface area contributed by atoms with Crippen LogP contribution in [-0.2, 0) is 0 Å². The molecule has 1 heterocycles. The van der Waals surface area contributed by atoms with Crippen molar-refractivity contribution in [3.8, 4) is 5.75 Å². The van der Waals surface area contributed by atoms with Gasteiger partial charge in [0.15, 0.2) is 0 Å². The van der Waals surface area contributed by atoms with Crippen molar-refractivity contribution >= 4 is 29.9 Å². The SMILES string of the molecule is Cl.O=C(NCCCN1CCNCC1)c1cc(Cl)ccc1OC1CCCC1. The number of ether oxygens (including phenoxy) is 1. The Morgan fingerprint density at radius 2 is 2.00 bits per heavy atom. The monoisotopic (exact) mass is 401 g/mol. The number of carbonyl (C=O) groups is 1. The van der Waals surface area contributed by atoms with Crippen LogP contribution in [-0.4, -0.2) is 56.2 Å². The molecule has 0 bridgehead atoms. The summed E-state index contributed by atoms with van der Waals surface area (Å²) in [5.74, 6) is 0.548. The van der Waals surface area contributed by atoms with E-state index in [9.17, 15) is 4.79 Å².